The number of carbonyl (C=O) groups is 1. The molecule has 0 spiro atoms. The zero-order valence-electron chi connectivity index (χ0n) is 16.2. The molecule has 0 saturated heterocycles. The first-order chi connectivity index (χ1) is 9.49. The number of hydrogen-bond acceptors (Lipinski definition) is 3. The summed E-state index contributed by atoms with van der Waals surface area (Å²) in [6, 6.07) is 0. The van der Waals surface area contributed by atoms with Crippen LogP contribution in [0.15, 0.2) is 0 Å². The number of hydrogen-bond donors (Lipinski definition) is 1. The molecular weight excluding hydrogens is 312 g/mol. The number of carboxylic acid groups (broad SMARTS) is 1. The normalized spacial score (nSPS) is 15.7. The smallest absolute Gasteiger partial charge is 0.306 e. The standard InChI is InChI=1S/C16H36O4Si2/c1-15(2,3)21(7,8)19-12-13(11-14(17)18)20-22(9,10)16(4,5)6/h13H,11-12H2,1-10H3,(H,17,18). The Morgan fingerprint density at radius 1 is 0.955 bits per heavy atom. The Bertz CT molecular complexity index is 379. The van der Waals surface area contributed by atoms with Crippen molar-refractivity contribution >= 4 is 22.6 Å². The Balaban J connectivity index is 4.99. The first-order valence-electron chi connectivity index (χ1n) is 8.03. The van der Waals surface area contributed by atoms with E-state index in [9.17, 15) is 4.79 Å². The van der Waals surface area contributed by atoms with E-state index in [-0.39, 0.29) is 22.6 Å². The minimum atomic E-state index is -2.00. The summed E-state index contributed by atoms with van der Waals surface area (Å²) in [5, 5.41) is 9.33. The Morgan fingerprint density at radius 3 is 1.68 bits per heavy atom. The fourth-order valence-electron chi connectivity index (χ4n) is 1.44. The van der Waals surface area contributed by atoms with Gasteiger partial charge in [-0.1, -0.05) is 41.5 Å². The fraction of sp³-hybridized carbons (Fsp3) is 0.938. The third kappa shape index (κ3) is 6.52. The van der Waals surface area contributed by atoms with Gasteiger partial charge in [0.05, 0.1) is 19.1 Å². The molecule has 22 heavy (non-hydrogen) atoms. The molecule has 1 N–H and O–H groups in total. The quantitative estimate of drug-likeness (QED) is 0.667. The Kier molecular flexibility index (Phi) is 7.10. The minimum absolute atomic E-state index is 0.00112. The summed E-state index contributed by atoms with van der Waals surface area (Å²) in [4.78, 5) is 11.2. The lowest BCUT2D eigenvalue weighted by atomic mass is 10.2. The summed E-state index contributed by atoms with van der Waals surface area (Å²) in [6.45, 7) is 22.0. The van der Waals surface area contributed by atoms with E-state index in [0.717, 1.165) is 0 Å². The monoisotopic (exact) mass is 348 g/mol. The molecule has 132 valence electrons. The number of aliphatic carboxylic acids is 1. The van der Waals surface area contributed by atoms with Crippen molar-refractivity contribution in [3.63, 3.8) is 0 Å². The fourth-order valence-corrected chi connectivity index (χ4v) is 3.81. The molecule has 0 rings (SSSR count). The zero-order chi connectivity index (χ0) is 18.0. The topological polar surface area (TPSA) is 55.8 Å². The molecule has 0 radical (unpaired) electrons. The van der Waals surface area contributed by atoms with Gasteiger partial charge in [0.25, 0.3) is 0 Å². The molecule has 0 aromatic rings. The molecule has 0 aliphatic carbocycles. The SMILES string of the molecule is CC(C)(C)[Si](C)(C)OCC(CC(=O)O)O[Si](C)(C)C(C)(C)C. The van der Waals surface area contributed by atoms with Crippen molar-refractivity contribution < 1.29 is 18.8 Å². The molecule has 1 unspecified atom stereocenters. The lowest BCUT2D eigenvalue weighted by Gasteiger charge is -2.41. The van der Waals surface area contributed by atoms with Crippen LogP contribution in [0.25, 0.3) is 0 Å². The van der Waals surface area contributed by atoms with Crippen LogP contribution in [-0.4, -0.2) is 40.4 Å². The highest BCUT2D eigenvalue weighted by molar-refractivity contribution is 6.74. The van der Waals surface area contributed by atoms with Gasteiger partial charge >= 0.3 is 5.97 Å². The molecule has 0 aromatic heterocycles. The van der Waals surface area contributed by atoms with E-state index >= 15 is 0 Å². The van der Waals surface area contributed by atoms with Gasteiger partial charge in [0.2, 0.25) is 0 Å². The van der Waals surface area contributed by atoms with Crippen molar-refractivity contribution in [2.24, 2.45) is 0 Å². The molecule has 0 saturated carbocycles. The predicted molar refractivity (Wildman–Crippen MR) is 97.5 cm³/mol. The largest absolute Gasteiger partial charge is 0.481 e. The van der Waals surface area contributed by atoms with Crippen LogP contribution in [0, 0.1) is 0 Å². The number of carboxylic acids is 1. The number of rotatable bonds is 7. The molecule has 0 fully saturated rings. The van der Waals surface area contributed by atoms with Crippen LogP contribution < -0.4 is 0 Å². The molecule has 0 aliphatic heterocycles. The Labute approximate surface area is 138 Å². The molecule has 6 heteroatoms. The van der Waals surface area contributed by atoms with Crippen LogP contribution in [0.2, 0.25) is 36.3 Å². The van der Waals surface area contributed by atoms with E-state index in [1.807, 2.05) is 0 Å². The van der Waals surface area contributed by atoms with Crippen molar-refractivity contribution in [3.05, 3.63) is 0 Å². The van der Waals surface area contributed by atoms with Gasteiger partial charge in [-0.25, -0.2) is 0 Å². The average Bonchev–Trinajstić information content (AvgIpc) is 2.21. The predicted octanol–water partition coefficient (Wildman–Crippen LogP) is 4.87. The summed E-state index contributed by atoms with van der Waals surface area (Å²) in [5.41, 5.74) is 0. The highest BCUT2D eigenvalue weighted by Crippen LogP contribution is 2.39. The van der Waals surface area contributed by atoms with Crippen molar-refractivity contribution in [1.29, 1.82) is 0 Å². The van der Waals surface area contributed by atoms with Gasteiger partial charge in [0, 0.05) is 0 Å². The average molecular weight is 349 g/mol. The van der Waals surface area contributed by atoms with Crippen molar-refractivity contribution in [1.82, 2.24) is 0 Å². The van der Waals surface area contributed by atoms with Gasteiger partial charge < -0.3 is 14.0 Å². The minimum Gasteiger partial charge on any atom is -0.481 e. The van der Waals surface area contributed by atoms with Gasteiger partial charge in [0.15, 0.2) is 16.6 Å². The zero-order valence-corrected chi connectivity index (χ0v) is 18.2. The Morgan fingerprint density at radius 2 is 1.36 bits per heavy atom. The maximum Gasteiger partial charge on any atom is 0.306 e. The maximum absolute atomic E-state index is 11.2. The van der Waals surface area contributed by atoms with Crippen LogP contribution >= 0.6 is 0 Å². The second-order valence-corrected chi connectivity index (χ2v) is 18.7. The highest BCUT2D eigenvalue weighted by Gasteiger charge is 2.41. The summed E-state index contributed by atoms with van der Waals surface area (Å²) >= 11 is 0. The van der Waals surface area contributed by atoms with E-state index in [2.05, 4.69) is 67.7 Å². The second-order valence-electron chi connectivity index (χ2n) is 9.17. The molecule has 0 bridgehead atoms. The lowest BCUT2D eigenvalue weighted by Crippen LogP contribution is -2.48. The Hall–Kier alpha value is -0.176. The van der Waals surface area contributed by atoms with Gasteiger partial charge in [-0.2, -0.15) is 0 Å². The van der Waals surface area contributed by atoms with Gasteiger partial charge in [-0.3, -0.25) is 4.79 Å². The van der Waals surface area contributed by atoms with Crippen LogP contribution in [0.5, 0.6) is 0 Å². The van der Waals surface area contributed by atoms with E-state index in [4.69, 9.17) is 14.0 Å². The molecule has 0 aromatic carbocycles. The summed E-state index contributed by atoms with van der Waals surface area (Å²) in [6.07, 6.45) is -0.367. The third-order valence-corrected chi connectivity index (χ3v) is 14.1. The third-order valence-electron chi connectivity index (χ3n) is 5.11. The van der Waals surface area contributed by atoms with Crippen LogP contribution in [-0.2, 0) is 13.6 Å². The highest BCUT2D eigenvalue weighted by atomic mass is 28.4. The molecule has 0 amide bonds. The summed E-state index contributed by atoms with van der Waals surface area (Å²) < 4.78 is 12.5. The molecule has 0 aliphatic rings. The second kappa shape index (κ2) is 7.15. The lowest BCUT2D eigenvalue weighted by molar-refractivity contribution is -0.139. The van der Waals surface area contributed by atoms with Gasteiger partial charge in [-0.05, 0) is 36.3 Å². The molecule has 1 atom stereocenters. The van der Waals surface area contributed by atoms with Crippen LogP contribution in [0.4, 0.5) is 0 Å². The van der Waals surface area contributed by atoms with Crippen LogP contribution in [0.1, 0.15) is 48.0 Å². The first kappa shape index (κ1) is 21.8. The molecular formula is C16H36O4Si2. The van der Waals surface area contributed by atoms with Gasteiger partial charge in [0.1, 0.15) is 0 Å². The van der Waals surface area contributed by atoms with E-state index in [1.165, 1.54) is 0 Å². The van der Waals surface area contributed by atoms with E-state index in [0.29, 0.717) is 6.61 Å². The summed E-state index contributed by atoms with van der Waals surface area (Å²) in [5.74, 6) is -0.831. The van der Waals surface area contributed by atoms with Crippen molar-refractivity contribution in [3.8, 4) is 0 Å². The maximum atomic E-state index is 11.2. The van der Waals surface area contributed by atoms with Crippen molar-refractivity contribution in [2.45, 2.75) is 90.3 Å². The first-order valence-corrected chi connectivity index (χ1v) is 13.8. The van der Waals surface area contributed by atoms with Gasteiger partial charge in [-0.15, -0.1) is 0 Å². The molecule has 0 heterocycles. The van der Waals surface area contributed by atoms with Crippen molar-refractivity contribution in [2.75, 3.05) is 6.61 Å². The van der Waals surface area contributed by atoms with Crippen LogP contribution in [0.3, 0.4) is 0 Å². The molecule has 4 nitrogen and oxygen atoms in total. The van der Waals surface area contributed by atoms with E-state index < -0.39 is 22.6 Å². The summed E-state index contributed by atoms with van der Waals surface area (Å²) in [7, 11) is -3.90. The van der Waals surface area contributed by atoms with E-state index in [1.54, 1.807) is 0 Å².